The molecule has 0 unspecified atom stereocenters. The van der Waals surface area contributed by atoms with Gasteiger partial charge in [0.25, 0.3) is 0 Å². The first-order valence-electron chi connectivity index (χ1n) is 6.81. The lowest BCUT2D eigenvalue weighted by Crippen LogP contribution is -2.29. The van der Waals surface area contributed by atoms with E-state index in [0.29, 0.717) is 6.61 Å². The fourth-order valence-electron chi connectivity index (χ4n) is 2.10. The molecule has 0 saturated heterocycles. The van der Waals surface area contributed by atoms with Crippen molar-refractivity contribution in [2.45, 2.75) is 26.7 Å². The number of hydrogen-bond acceptors (Lipinski definition) is 3. The maximum Gasteiger partial charge on any atom is 0.121 e. The lowest BCUT2D eigenvalue weighted by atomic mass is 9.85. The lowest BCUT2D eigenvalue weighted by Gasteiger charge is -2.29. The SMILES string of the molecule is CCC(CC)(CS)COc1ccc2cccnc2c1. The smallest absolute Gasteiger partial charge is 0.121 e. The predicted molar refractivity (Wildman–Crippen MR) is 84.1 cm³/mol. The largest absolute Gasteiger partial charge is 0.493 e. The Bertz CT molecular complexity index is 529. The zero-order chi connectivity index (χ0) is 13.7. The quantitative estimate of drug-likeness (QED) is 0.792. The molecule has 1 aromatic carbocycles. The number of hydrogen-bond donors (Lipinski definition) is 1. The molecule has 0 aliphatic heterocycles. The van der Waals surface area contributed by atoms with Crippen LogP contribution < -0.4 is 4.74 Å². The summed E-state index contributed by atoms with van der Waals surface area (Å²) < 4.78 is 5.96. The number of rotatable bonds is 6. The van der Waals surface area contributed by atoms with Gasteiger partial charge in [-0.3, -0.25) is 4.98 Å². The molecular formula is C16H21NOS. The fourth-order valence-corrected chi connectivity index (χ4v) is 2.63. The average Bonchev–Trinajstić information content (AvgIpc) is 2.49. The zero-order valence-electron chi connectivity index (χ0n) is 11.6. The molecule has 1 aromatic heterocycles. The van der Waals surface area contributed by atoms with E-state index in [1.165, 1.54) is 0 Å². The number of ether oxygens (including phenoxy) is 1. The highest BCUT2D eigenvalue weighted by molar-refractivity contribution is 7.80. The molecule has 102 valence electrons. The van der Waals surface area contributed by atoms with Crippen LogP contribution in [0.15, 0.2) is 36.5 Å². The van der Waals surface area contributed by atoms with Crippen LogP contribution in [0.1, 0.15) is 26.7 Å². The molecule has 0 N–H and O–H groups in total. The molecular weight excluding hydrogens is 254 g/mol. The van der Waals surface area contributed by atoms with Crippen molar-refractivity contribution in [2.24, 2.45) is 5.41 Å². The lowest BCUT2D eigenvalue weighted by molar-refractivity contribution is 0.157. The van der Waals surface area contributed by atoms with Crippen LogP contribution in [0.4, 0.5) is 0 Å². The average molecular weight is 275 g/mol. The van der Waals surface area contributed by atoms with E-state index in [1.807, 2.05) is 24.4 Å². The van der Waals surface area contributed by atoms with E-state index < -0.39 is 0 Å². The summed E-state index contributed by atoms with van der Waals surface area (Å²) in [7, 11) is 0. The second-order valence-corrected chi connectivity index (χ2v) is 5.33. The van der Waals surface area contributed by atoms with Gasteiger partial charge in [-0.2, -0.15) is 12.6 Å². The molecule has 2 rings (SSSR count). The number of thiol groups is 1. The van der Waals surface area contributed by atoms with Gasteiger partial charge in [0.2, 0.25) is 0 Å². The van der Waals surface area contributed by atoms with Gasteiger partial charge in [-0.1, -0.05) is 19.9 Å². The summed E-state index contributed by atoms with van der Waals surface area (Å²) in [4.78, 5) is 4.35. The Morgan fingerprint density at radius 1 is 1.21 bits per heavy atom. The topological polar surface area (TPSA) is 22.1 Å². The van der Waals surface area contributed by atoms with Crippen LogP contribution in [0.25, 0.3) is 10.9 Å². The van der Waals surface area contributed by atoms with Crippen LogP contribution in [-0.2, 0) is 0 Å². The third-order valence-electron chi connectivity index (χ3n) is 3.96. The van der Waals surface area contributed by atoms with Crippen LogP contribution in [-0.4, -0.2) is 17.3 Å². The molecule has 0 aliphatic carbocycles. The monoisotopic (exact) mass is 275 g/mol. The van der Waals surface area contributed by atoms with Gasteiger partial charge in [0.15, 0.2) is 0 Å². The van der Waals surface area contributed by atoms with Crippen molar-refractivity contribution in [3.8, 4) is 5.75 Å². The Labute approximate surface area is 120 Å². The second kappa shape index (κ2) is 6.29. The van der Waals surface area contributed by atoms with Crippen molar-refractivity contribution >= 4 is 23.5 Å². The summed E-state index contributed by atoms with van der Waals surface area (Å²) in [5, 5.41) is 1.14. The van der Waals surface area contributed by atoms with E-state index in [-0.39, 0.29) is 5.41 Å². The number of aromatic nitrogens is 1. The minimum Gasteiger partial charge on any atom is -0.493 e. The number of benzene rings is 1. The molecule has 0 bridgehead atoms. The van der Waals surface area contributed by atoms with Gasteiger partial charge >= 0.3 is 0 Å². The van der Waals surface area contributed by atoms with Crippen molar-refractivity contribution in [3.05, 3.63) is 36.5 Å². The maximum absolute atomic E-state index is 5.96. The van der Waals surface area contributed by atoms with E-state index in [9.17, 15) is 0 Å². The highest BCUT2D eigenvalue weighted by Crippen LogP contribution is 2.29. The summed E-state index contributed by atoms with van der Waals surface area (Å²) in [6, 6.07) is 10.1. The van der Waals surface area contributed by atoms with E-state index in [2.05, 4.69) is 43.6 Å². The Balaban J connectivity index is 2.13. The molecule has 0 spiro atoms. The standard InChI is InChI=1S/C16H21NOS/c1-3-16(4-2,12-19)11-18-14-8-7-13-6-5-9-17-15(13)10-14/h5-10,19H,3-4,11-12H2,1-2H3. The summed E-state index contributed by atoms with van der Waals surface area (Å²) in [6.45, 7) is 5.11. The summed E-state index contributed by atoms with van der Waals surface area (Å²) >= 11 is 4.47. The molecule has 0 radical (unpaired) electrons. The van der Waals surface area contributed by atoms with Gasteiger partial charge in [0.1, 0.15) is 5.75 Å². The van der Waals surface area contributed by atoms with Gasteiger partial charge in [0, 0.05) is 23.1 Å². The minimum atomic E-state index is 0.169. The normalized spacial score (nSPS) is 11.7. The molecule has 0 aliphatic rings. The summed E-state index contributed by atoms with van der Waals surface area (Å²) in [5.74, 6) is 1.74. The van der Waals surface area contributed by atoms with Crippen LogP contribution in [0.2, 0.25) is 0 Å². The molecule has 2 nitrogen and oxygen atoms in total. The first-order valence-corrected chi connectivity index (χ1v) is 7.45. The van der Waals surface area contributed by atoms with Crippen molar-refractivity contribution in [1.29, 1.82) is 0 Å². The van der Waals surface area contributed by atoms with Gasteiger partial charge in [-0.25, -0.2) is 0 Å². The minimum absolute atomic E-state index is 0.169. The maximum atomic E-state index is 5.96. The van der Waals surface area contributed by atoms with E-state index in [1.54, 1.807) is 0 Å². The molecule has 19 heavy (non-hydrogen) atoms. The summed E-state index contributed by atoms with van der Waals surface area (Å²) in [5.41, 5.74) is 1.15. The van der Waals surface area contributed by atoms with Crippen LogP contribution in [0, 0.1) is 5.41 Å². The molecule has 0 saturated carbocycles. The Hall–Kier alpha value is -1.22. The van der Waals surface area contributed by atoms with Gasteiger partial charge < -0.3 is 4.74 Å². The fraction of sp³-hybridized carbons (Fsp3) is 0.438. The van der Waals surface area contributed by atoms with E-state index in [0.717, 1.165) is 35.2 Å². The number of pyridine rings is 1. The van der Waals surface area contributed by atoms with Gasteiger partial charge in [-0.05, 0) is 36.8 Å². The number of fused-ring (bicyclic) bond motifs is 1. The Morgan fingerprint density at radius 3 is 2.68 bits per heavy atom. The van der Waals surface area contributed by atoms with Crippen LogP contribution in [0.5, 0.6) is 5.75 Å². The van der Waals surface area contributed by atoms with Gasteiger partial charge in [0.05, 0.1) is 12.1 Å². The third kappa shape index (κ3) is 3.21. The molecule has 0 fully saturated rings. The Morgan fingerprint density at radius 2 is 2.00 bits per heavy atom. The molecule has 2 aromatic rings. The Kier molecular flexibility index (Phi) is 4.70. The van der Waals surface area contributed by atoms with Crippen molar-refractivity contribution < 1.29 is 4.74 Å². The highest BCUT2D eigenvalue weighted by Gasteiger charge is 2.25. The molecule has 1 heterocycles. The van der Waals surface area contributed by atoms with E-state index in [4.69, 9.17) is 4.74 Å². The summed E-state index contributed by atoms with van der Waals surface area (Å²) in [6.07, 6.45) is 3.97. The highest BCUT2D eigenvalue weighted by atomic mass is 32.1. The molecule has 0 atom stereocenters. The van der Waals surface area contributed by atoms with E-state index >= 15 is 0 Å². The zero-order valence-corrected chi connectivity index (χ0v) is 12.5. The van der Waals surface area contributed by atoms with Crippen molar-refractivity contribution in [1.82, 2.24) is 4.98 Å². The first kappa shape index (κ1) is 14.2. The van der Waals surface area contributed by atoms with Crippen molar-refractivity contribution in [2.75, 3.05) is 12.4 Å². The predicted octanol–water partition coefficient (Wildman–Crippen LogP) is 4.35. The van der Waals surface area contributed by atoms with Crippen molar-refractivity contribution in [3.63, 3.8) is 0 Å². The van der Waals surface area contributed by atoms with Crippen LogP contribution >= 0.6 is 12.6 Å². The molecule has 3 heteroatoms. The third-order valence-corrected chi connectivity index (χ3v) is 4.63. The van der Waals surface area contributed by atoms with Gasteiger partial charge in [-0.15, -0.1) is 0 Å². The molecule has 0 amide bonds. The second-order valence-electron chi connectivity index (χ2n) is 5.01. The van der Waals surface area contributed by atoms with Crippen LogP contribution in [0.3, 0.4) is 0 Å². The number of nitrogens with zero attached hydrogens (tertiary/aromatic N) is 1. The first-order chi connectivity index (χ1) is 9.23.